The molecule has 4 rings (SSSR count). The van der Waals surface area contributed by atoms with Crippen LogP contribution in [-0.4, -0.2) is 47.3 Å². The SMILES string of the molecule is CCCCCC1OC2(CCN(Cc3ccccc3)CC2)N2CCCCC12. The first kappa shape index (κ1) is 18.5. The Morgan fingerprint density at radius 2 is 1.85 bits per heavy atom. The normalized spacial score (nSPS) is 29.1. The molecule has 3 aliphatic rings. The number of likely N-dealkylation sites (tertiary alicyclic amines) is 1. The second-order valence-corrected chi connectivity index (χ2v) is 8.62. The van der Waals surface area contributed by atoms with Gasteiger partial charge in [0.25, 0.3) is 0 Å². The number of fused-ring (bicyclic) bond motifs is 2. The molecule has 1 aromatic carbocycles. The molecule has 0 radical (unpaired) electrons. The topological polar surface area (TPSA) is 15.7 Å². The summed E-state index contributed by atoms with van der Waals surface area (Å²) in [5.74, 6) is 0. The first-order valence-electron chi connectivity index (χ1n) is 11.0. The molecule has 3 heterocycles. The fourth-order valence-electron chi connectivity index (χ4n) is 5.43. The number of hydrogen-bond donors (Lipinski definition) is 0. The Morgan fingerprint density at radius 1 is 1.04 bits per heavy atom. The van der Waals surface area contributed by atoms with Crippen LogP contribution in [0.1, 0.15) is 70.3 Å². The van der Waals surface area contributed by atoms with Gasteiger partial charge in [-0.15, -0.1) is 0 Å². The highest BCUT2D eigenvalue weighted by Gasteiger charge is 2.53. The molecule has 0 saturated carbocycles. The fourth-order valence-corrected chi connectivity index (χ4v) is 5.43. The van der Waals surface area contributed by atoms with E-state index in [1.54, 1.807) is 0 Å². The summed E-state index contributed by atoms with van der Waals surface area (Å²) < 4.78 is 6.88. The number of hydrogen-bond acceptors (Lipinski definition) is 3. The third-order valence-corrected chi connectivity index (χ3v) is 6.85. The molecule has 0 bridgehead atoms. The van der Waals surface area contributed by atoms with Crippen LogP contribution in [0.3, 0.4) is 0 Å². The summed E-state index contributed by atoms with van der Waals surface area (Å²) in [6.45, 7) is 6.97. The van der Waals surface area contributed by atoms with Crippen LogP contribution in [0.25, 0.3) is 0 Å². The Bertz CT molecular complexity index is 553. The largest absolute Gasteiger partial charge is 0.355 e. The molecule has 0 amide bonds. The Labute approximate surface area is 159 Å². The number of ether oxygens (including phenoxy) is 1. The molecule has 3 heteroatoms. The van der Waals surface area contributed by atoms with Crippen molar-refractivity contribution in [2.75, 3.05) is 19.6 Å². The Hall–Kier alpha value is -0.900. The van der Waals surface area contributed by atoms with Crippen molar-refractivity contribution < 1.29 is 4.74 Å². The molecule has 3 saturated heterocycles. The van der Waals surface area contributed by atoms with Crippen molar-refractivity contribution in [3.63, 3.8) is 0 Å². The molecule has 144 valence electrons. The molecule has 0 aromatic heterocycles. The van der Waals surface area contributed by atoms with Crippen molar-refractivity contribution in [3.05, 3.63) is 35.9 Å². The van der Waals surface area contributed by atoms with Crippen LogP contribution in [0, 0.1) is 0 Å². The molecule has 26 heavy (non-hydrogen) atoms. The van der Waals surface area contributed by atoms with E-state index in [9.17, 15) is 0 Å². The summed E-state index contributed by atoms with van der Waals surface area (Å²) in [5, 5.41) is 0. The van der Waals surface area contributed by atoms with Gasteiger partial charge in [-0.3, -0.25) is 9.80 Å². The van der Waals surface area contributed by atoms with Crippen LogP contribution >= 0.6 is 0 Å². The molecule has 3 nitrogen and oxygen atoms in total. The molecular weight excluding hydrogens is 320 g/mol. The maximum absolute atomic E-state index is 6.88. The van der Waals surface area contributed by atoms with Gasteiger partial charge in [0.1, 0.15) is 5.72 Å². The highest BCUT2D eigenvalue weighted by Crippen LogP contribution is 2.45. The van der Waals surface area contributed by atoms with Crippen molar-refractivity contribution in [1.29, 1.82) is 0 Å². The van der Waals surface area contributed by atoms with Gasteiger partial charge in [0, 0.05) is 45.1 Å². The Balaban J connectivity index is 1.38. The van der Waals surface area contributed by atoms with Crippen LogP contribution < -0.4 is 0 Å². The standard InChI is InChI=1S/C23H36N2O/c1-2-3-5-13-22-21-12-8-9-16-25(21)23(26-22)14-17-24(18-15-23)19-20-10-6-4-7-11-20/h4,6-7,10-11,21-22H,2-3,5,8-9,12-19H2,1H3. The lowest BCUT2D eigenvalue weighted by molar-refractivity contribution is -0.141. The van der Waals surface area contributed by atoms with Crippen LogP contribution in [0.15, 0.2) is 30.3 Å². The fraction of sp³-hybridized carbons (Fsp3) is 0.739. The van der Waals surface area contributed by atoms with Crippen LogP contribution in [0.4, 0.5) is 0 Å². The van der Waals surface area contributed by atoms with Gasteiger partial charge in [-0.25, -0.2) is 0 Å². The average molecular weight is 357 g/mol. The van der Waals surface area contributed by atoms with Crippen molar-refractivity contribution in [1.82, 2.24) is 9.80 Å². The van der Waals surface area contributed by atoms with Gasteiger partial charge in [0.05, 0.1) is 6.10 Å². The lowest BCUT2D eigenvalue weighted by Gasteiger charge is -2.46. The lowest BCUT2D eigenvalue weighted by atomic mass is 9.92. The third kappa shape index (κ3) is 3.85. The monoisotopic (exact) mass is 356 g/mol. The second-order valence-electron chi connectivity index (χ2n) is 8.62. The summed E-state index contributed by atoms with van der Waals surface area (Å²) >= 11 is 0. The minimum Gasteiger partial charge on any atom is -0.355 e. The molecule has 3 aliphatic heterocycles. The average Bonchev–Trinajstić information content (AvgIpc) is 2.99. The van der Waals surface area contributed by atoms with Crippen molar-refractivity contribution in [2.45, 2.75) is 89.1 Å². The molecule has 2 atom stereocenters. The lowest BCUT2D eigenvalue weighted by Crippen LogP contribution is -2.55. The number of unbranched alkanes of at least 4 members (excludes halogenated alkanes) is 2. The number of benzene rings is 1. The van der Waals surface area contributed by atoms with Crippen LogP contribution in [0.5, 0.6) is 0 Å². The molecule has 1 aromatic rings. The summed E-state index contributed by atoms with van der Waals surface area (Å²) in [6.07, 6.45) is 12.2. The van der Waals surface area contributed by atoms with Gasteiger partial charge in [0.15, 0.2) is 0 Å². The summed E-state index contributed by atoms with van der Waals surface area (Å²) in [7, 11) is 0. The van der Waals surface area contributed by atoms with E-state index in [4.69, 9.17) is 4.74 Å². The number of nitrogens with zero attached hydrogens (tertiary/aromatic N) is 2. The summed E-state index contributed by atoms with van der Waals surface area (Å²) in [4.78, 5) is 5.42. The highest BCUT2D eigenvalue weighted by molar-refractivity contribution is 5.14. The second kappa shape index (κ2) is 8.41. The number of rotatable bonds is 6. The van der Waals surface area contributed by atoms with Crippen LogP contribution in [0.2, 0.25) is 0 Å². The predicted octanol–water partition coefficient (Wildman–Crippen LogP) is 4.81. The van der Waals surface area contributed by atoms with Gasteiger partial charge in [-0.2, -0.15) is 0 Å². The highest BCUT2D eigenvalue weighted by atomic mass is 16.5. The smallest absolute Gasteiger partial charge is 0.124 e. The van der Waals surface area contributed by atoms with E-state index in [0.717, 1.165) is 6.54 Å². The first-order valence-corrected chi connectivity index (χ1v) is 11.0. The van der Waals surface area contributed by atoms with E-state index >= 15 is 0 Å². The zero-order valence-corrected chi connectivity index (χ0v) is 16.5. The third-order valence-electron chi connectivity index (χ3n) is 6.85. The van der Waals surface area contributed by atoms with E-state index in [-0.39, 0.29) is 5.72 Å². The van der Waals surface area contributed by atoms with E-state index in [1.165, 1.54) is 83.0 Å². The van der Waals surface area contributed by atoms with E-state index < -0.39 is 0 Å². The maximum Gasteiger partial charge on any atom is 0.124 e. The van der Waals surface area contributed by atoms with Gasteiger partial charge in [-0.1, -0.05) is 62.9 Å². The van der Waals surface area contributed by atoms with Crippen LogP contribution in [-0.2, 0) is 11.3 Å². The van der Waals surface area contributed by atoms with Crippen molar-refractivity contribution in [2.24, 2.45) is 0 Å². The minimum atomic E-state index is 0.0507. The molecular formula is C23H36N2O. The molecule has 0 N–H and O–H groups in total. The quantitative estimate of drug-likeness (QED) is 0.680. The maximum atomic E-state index is 6.88. The summed E-state index contributed by atoms with van der Waals surface area (Å²) in [5.41, 5.74) is 1.49. The van der Waals surface area contributed by atoms with Gasteiger partial charge in [0.2, 0.25) is 0 Å². The number of piperidine rings is 2. The zero-order valence-electron chi connectivity index (χ0n) is 16.5. The van der Waals surface area contributed by atoms with E-state index in [0.29, 0.717) is 12.1 Å². The van der Waals surface area contributed by atoms with Crippen molar-refractivity contribution >= 4 is 0 Å². The molecule has 1 spiro atoms. The molecule has 0 aliphatic carbocycles. The molecule has 2 unspecified atom stereocenters. The Kier molecular flexibility index (Phi) is 5.97. The summed E-state index contributed by atoms with van der Waals surface area (Å²) in [6, 6.07) is 11.6. The van der Waals surface area contributed by atoms with E-state index in [1.807, 2.05) is 0 Å². The molecule has 3 fully saturated rings. The van der Waals surface area contributed by atoms with E-state index in [2.05, 4.69) is 47.1 Å². The van der Waals surface area contributed by atoms with Crippen molar-refractivity contribution in [3.8, 4) is 0 Å². The van der Waals surface area contributed by atoms with Gasteiger partial charge < -0.3 is 4.74 Å². The van der Waals surface area contributed by atoms with Gasteiger partial charge in [-0.05, 0) is 24.8 Å². The Morgan fingerprint density at radius 3 is 2.62 bits per heavy atom. The first-order chi connectivity index (χ1) is 12.8. The predicted molar refractivity (Wildman–Crippen MR) is 107 cm³/mol. The zero-order chi connectivity index (χ0) is 17.8. The van der Waals surface area contributed by atoms with Gasteiger partial charge >= 0.3 is 0 Å². The minimum absolute atomic E-state index is 0.0507.